The molecule has 0 aliphatic carbocycles. The first-order valence-electron chi connectivity index (χ1n) is 6.12. The van der Waals surface area contributed by atoms with Crippen molar-refractivity contribution in [2.45, 2.75) is 12.2 Å². The molecular weight excluding hydrogens is 280 g/mol. The van der Waals surface area contributed by atoms with E-state index in [9.17, 15) is 13.2 Å². The first-order chi connectivity index (χ1) is 9.42. The number of nitriles is 1. The lowest BCUT2D eigenvalue weighted by Gasteiger charge is -2.15. The van der Waals surface area contributed by atoms with Gasteiger partial charge >= 0.3 is 5.97 Å². The van der Waals surface area contributed by atoms with E-state index in [1.807, 2.05) is 6.07 Å². The molecule has 0 unspecified atom stereocenters. The minimum atomic E-state index is -3.54. The Hall–Kier alpha value is -1.91. The van der Waals surface area contributed by atoms with Gasteiger partial charge in [0.2, 0.25) is 10.0 Å². The van der Waals surface area contributed by atoms with E-state index in [2.05, 4.69) is 0 Å². The smallest absolute Gasteiger partial charge is 0.307 e. The predicted octanol–water partition coefficient (Wildman–Crippen LogP) is 0.795. The minimum absolute atomic E-state index is 0.0234. The van der Waals surface area contributed by atoms with E-state index in [1.54, 1.807) is 18.2 Å². The number of carboxylic acids is 1. The Labute approximate surface area is 117 Å². The largest absolute Gasteiger partial charge is 0.481 e. The van der Waals surface area contributed by atoms with Gasteiger partial charge in [-0.05, 0) is 24.1 Å². The Morgan fingerprint density at radius 2 is 2.25 bits per heavy atom. The minimum Gasteiger partial charge on any atom is -0.481 e. The van der Waals surface area contributed by atoms with Crippen molar-refractivity contribution in [2.24, 2.45) is 5.92 Å². The highest BCUT2D eigenvalue weighted by atomic mass is 32.2. The molecule has 1 N–H and O–H groups in total. The van der Waals surface area contributed by atoms with Gasteiger partial charge in [-0.3, -0.25) is 4.79 Å². The van der Waals surface area contributed by atoms with Crippen LogP contribution in [0.2, 0.25) is 0 Å². The van der Waals surface area contributed by atoms with Crippen molar-refractivity contribution >= 4 is 16.0 Å². The number of carboxylic acid groups (broad SMARTS) is 1. The molecule has 7 heteroatoms. The summed E-state index contributed by atoms with van der Waals surface area (Å²) in [6.45, 7) is 0.257. The van der Waals surface area contributed by atoms with E-state index in [0.717, 1.165) is 0 Å². The van der Waals surface area contributed by atoms with E-state index >= 15 is 0 Å². The maximum absolute atomic E-state index is 12.2. The van der Waals surface area contributed by atoms with Gasteiger partial charge in [-0.1, -0.05) is 12.1 Å². The lowest BCUT2D eigenvalue weighted by atomic mass is 10.1. The van der Waals surface area contributed by atoms with Crippen LogP contribution >= 0.6 is 0 Å². The van der Waals surface area contributed by atoms with Crippen molar-refractivity contribution in [3.8, 4) is 6.07 Å². The molecule has 0 saturated carbocycles. The van der Waals surface area contributed by atoms with Gasteiger partial charge in [0.05, 0.1) is 23.3 Å². The second kappa shape index (κ2) is 5.61. The van der Waals surface area contributed by atoms with Crippen LogP contribution in [0.1, 0.15) is 17.5 Å². The molecule has 20 heavy (non-hydrogen) atoms. The van der Waals surface area contributed by atoms with Crippen molar-refractivity contribution in [3.63, 3.8) is 0 Å². The maximum atomic E-state index is 12.2. The third kappa shape index (κ3) is 3.15. The zero-order valence-corrected chi connectivity index (χ0v) is 11.5. The molecule has 1 aliphatic heterocycles. The predicted molar refractivity (Wildman–Crippen MR) is 71.1 cm³/mol. The SMILES string of the molecule is N#Cc1cccc(CS(=O)(=O)N2CC[C@@H](C(=O)O)C2)c1. The van der Waals surface area contributed by atoms with Crippen LogP contribution in [0.5, 0.6) is 0 Å². The van der Waals surface area contributed by atoms with Crippen LogP contribution in [0.3, 0.4) is 0 Å². The molecule has 106 valence electrons. The number of rotatable bonds is 4. The van der Waals surface area contributed by atoms with Crippen LogP contribution in [-0.2, 0) is 20.6 Å². The fraction of sp³-hybridized carbons (Fsp3) is 0.385. The van der Waals surface area contributed by atoms with Crippen LogP contribution in [0, 0.1) is 17.2 Å². The summed E-state index contributed by atoms with van der Waals surface area (Å²) in [5, 5.41) is 17.7. The van der Waals surface area contributed by atoms with Crippen molar-refractivity contribution < 1.29 is 18.3 Å². The van der Waals surface area contributed by atoms with Crippen LogP contribution in [0.25, 0.3) is 0 Å². The Kier molecular flexibility index (Phi) is 4.06. The van der Waals surface area contributed by atoms with E-state index in [0.29, 0.717) is 17.5 Å². The zero-order chi connectivity index (χ0) is 14.8. The second-order valence-electron chi connectivity index (χ2n) is 4.75. The summed E-state index contributed by atoms with van der Waals surface area (Å²) in [7, 11) is -3.54. The lowest BCUT2D eigenvalue weighted by molar-refractivity contribution is -0.141. The van der Waals surface area contributed by atoms with Crippen molar-refractivity contribution in [2.75, 3.05) is 13.1 Å². The van der Waals surface area contributed by atoms with Crippen LogP contribution in [-0.4, -0.2) is 36.9 Å². The summed E-state index contributed by atoms with van der Waals surface area (Å²) in [6.07, 6.45) is 0.340. The van der Waals surface area contributed by atoms with Crippen LogP contribution in [0.15, 0.2) is 24.3 Å². The highest BCUT2D eigenvalue weighted by Gasteiger charge is 2.34. The van der Waals surface area contributed by atoms with Gasteiger partial charge in [-0.2, -0.15) is 5.26 Å². The first kappa shape index (κ1) is 14.5. The second-order valence-corrected chi connectivity index (χ2v) is 6.72. The van der Waals surface area contributed by atoms with Gasteiger partial charge in [-0.25, -0.2) is 12.7 Å². The molecule has 2 rings (SSSR count). The quantitative estimate of drug-likeness (QED) is 0.885. The summed E-state index contributed by atoms with van der Waals surface area (Å²) >= 11 is 0. The molecule has 0 spiro atoms. The number of nitrogens with zero attached hydrogens (tertiary/aromatic N) is 2. The number of carbonyl (C=O) groups is 1. The molecule has 1 aromatic carbocycles. The topological polar surface area (TPSA) is 98.5 Å². The van der Waals surface area contributed by atoms with Crippen molar-refractivity contribution in [1.82, 2.24) is 4.31 Å². The Morgan fingerprint density at radius 1 is 1.50 bits per heavy atom. The Bertz CT molecular complexity index is 663. The van der Waals surface area contributed by atoms with Gasteiger partial charge in [0.15, 0.2) is 0 Å². The Balaban J connectivity index is 2.12. The molecule has 1 fully saturated rings. The fourth-order valence-electron chi connectivity index (χ4n) is 2.21. The summed E-state index contributed by atoms with van der Waals surface area (Å²) in [5.74, 6) is -1.81. The number of hydrogen-bond donors (Lipinski definition) is 1. The van der Waals surface area contributed by atoms with E-state index < -0.39 is 21.9 Å². The monoisotopic (exact) mass is 294 g/mol. The van der Waals surface area contributed by atoms with Crippen molar-refractivity contribution in [3.05, 3.63) is 35.4 Å². The summed E-state index contributed by atoms with van der Waals surface area (Å²) in [4.78, 5) is 10.9. The lowest BCUT2D eigenvalue weighted by Crippen LogP contribution is -2.31. The summed E-state index contributed by atoms with van der Waals surface area (Å²) in [5.41, 5.74) is 0.936. The molecule has 1 atom stereocenters. The van der Waals surface area contributed by atoms with Gasteiger partial charge in [0.25, 0.3) is 0 Å². The molecular formula is C13H14N2O4S. The standard InChI is InChI=1S/C13H14N2O4S/c14-7-10-2-1-3-11(6-10)9-20(18,19)15-5-4-12(8-15)13(16)17/h1-3,6,12H,4-5,8-9H2,(H,16,17)/t12-/m1/s1. The number of aliphatic carboxylic acids is 1. The normalized spacial score (nSPS) is 19.6. The Morgan fingerprint density at radius 3 is 2.85 bits per heavy atom. The molecule has 0 radical (unpaired) electrons. The zero-order valence-electron chi connectivity index (χ0n) is 10.7. The molecule has 0 bridgehead atoms. The van der Waals surface area contributed by atoms with E-state index in [1.165, 1.54) is 10.4 Å². The van der Waals surface area contributed by atoms with E-state index in [4.69, 9.17) is 10.4 Å². The summed E-state index contributed by atoms with van der Waals surface area (Å²) < 4.78 is 25.7. The molecule has 0 amide bonds. The maximum Gasteiger partial charge on any atom is 0.307 e. The first-order valence-corrected chi connectivity index (χ1v) is 7.73. The van der Waals surface area contributed by atoms with Gasteiger partial charge in [-0.15, -0.1) is 0 Å². The molecule has 1 aliphatic rings. The van der Waals surface area contributed by atoms with E-state index in [-0.39, 0.29) is 18.8 Å². The third-order valence-corrected chi connectivity index (χ3v) is 5.12. The van der Waals surface area contributed by atoms with Gasteiger partial charge in [0, 0.05) is 13.1 Å². The average Bonchev–Trinajstić information content (AvgIpc) is 2.89. The number of hydrogen-bond acceptors (Lipinski definition) is 4. The van der Waals surface area contributed by atoms with Crippen molar-refractivity contribution in [1.29, 1.82) is 5.26 Å². The van der Waals surface area contributed by atoms with Crippen LogP contribution < -0.4 is 0 Å². The highest BCUT2D eigenvalue weighted by Crippen LogP contribution is 2.22. The molecule has 0 aromatic heterocycles. The third-order valence-electron chi connectivity index (χ3n) is 3.30. The van der Waals surface area contributed by atoms with Crippen LogP contribution in [0.4, 0.5) is 0 Å². The van der Waals surface area contributed by atoms with Gasteiger partial charge in [0.1, 0.15) is 0 Å². The molecule has 1 heterocycles. The number of sulfonamides is 1. The molecule has 1 aromatic rings. The fourth-order valence-corrected chi connectivity index (χ4v) is 3.79. The molecule has 6 nitrogen and oxygen atoms in total. The highest BCUT2D eigenvalue weighted by molar-refractivity contribution is 7.88. The molecule has 1 saturated heterocycles. The summed E-state index contributed by atoms with van der Waals surface area (Å²) in [6, 6.07) is 8.37. The average molecular weight is 294 g/mol. The number of benzene rings is 1. The van der Waals surface area contributed by atoms with Gasteiger partial charge < -0.3 is 5.11 Å².